The van der Waals surface area contributed by atoms with Crippen LogP contribution < -0.4 is 10.2 Å². The molecule has 2 aromatic carbocycles. The van der Waals surface area contributed by atoms with Gasteiger partial charge in [-0.25, -0.2) is 4.98 Å². The molecule has 0 bridgehead atoms. The number of anilines is 1. The van der Waals surface area contributed by atoms with Crippen LogP contribution in [0.4, 0.5) is 5.13 Å². The summed E-state index contributed by atoms with van der Waals surface area (Å²) in [7, 11) is 1.48. The molecule has 3 aromatic rings. The molecule has 0 radical (unpaired) electrons. The van der Waals surface area contributed by atoms with E-state index in [4.69, 9.17) is 4.74 Å². The van der Waals surface area contributed by atoms with Gasteiger partial charge in [0, 0.05) is 10.9 Å². The average Bonchev–Trinajstić information content (AvgIpc) is 3.13. The molecule has 7 nitrogen and oxygen atoms in total. The van der Waals surface area contributed by atoms with Crippen LogP contribution in [-0.2, 0) is 0 Å². The fourth-order valence-corrected chi connectivity index (χ4v) is 3.13. The lowest BCUT2D eigenvalue weighted by Gasteiger charge is -2.10. The number of hydrogen-bond acceptors (Lipinski definition) is 8. The molecule has 0 amide bonds. The summed E-state index contributed by atoms with van der Waals surface area (Å²) in [4.78, 5) is 4.39. The second kappa shape index (κ2) is 7.55. The molecular formula is C19H19N3O4S. The average molecular weight is 385 g/mol. The Morgan fingerprint density at radius 1 is 1.11 bits per heavy atom. The summed E-state index contributed by atoms with van der Waals surface area (Å²) in [6, 6.07) is 6.38. The molecule has 140 valence electrons. The zero-order valence-corrected chi connectivity index (χ0v) is 15.8. The minimum atomic E-state index is 0.0589. The quantitative estimate of drug-likeness (QED) is 0.300. The zero-order valence-electron chi connectivity index (χ0n) is 15.0. The van der Waals surface area contributed by atoms with Crippen molar-refractivity contribution in [3.8, 4) is 34.3 Å². The Morgan fingerprint density at radius 3 is 2.63 bits per heavy atom. The predicted molar refractivity (Wildman–Crippen MR) is 106 cm³/mol. The monoisotopic (exact) mass is 385 g/mol. The Balaban J connectivity index is 1.77. The molecule has 0 saturated heterocycles. The van der Waals surface area contributed by atoms with Gasteiger partial charge in [-0.2, -0.15) is 5.10 Å². The third-order valence-corrected chi connectivity index (χ3v) is 4.94. The highest BCUT2D eigenvalue weighted by Crippen LogP contribution is 2.39. The summed E-state index contributed by atoms with van der Waals surface area (Å²) >= 11 is 1.32. The van der Waals surface area contributed by atoms with Crippen LogP contribution in [0.1, 0.15) is 16.7 Å². The maximum atomic E-state index is 10.3. The van der Waals surface area contributed by atoms with Crippen molar-refractivity contribution in [1.82, 2.24) is 4.98 Å². The zero-order chi connectivity index (χ0) is 19.6. The van der Waals surface area contributed by atoms with Gasteiger partial charge >= 0.3 is 0 Å². The minimum absolute atomic E-state index is 0.0589. The van der Waals surface area contributed by atoms with Gasteiger partial charge in [0.05, 0.1) is 19.0 Å². The number of thiazole rings is 1. The van der Waals surface area contributed by atoms with E-state index >= 15 is 0 Å². The fraction of sp³-hybridized carbons (Fsp3) is 0.158. The fourth-order valence-electron chi connectivity index (χ4n) is 2.47. The summed E-state index contributed by atoms with van der Waals surface area (Å²) in [6.07, 6.45) is 1.57. The van der Waals surface area contributed by atoms with Gasteiger partial charge in [0.2, 0.25) is 5.13 Å². The van der Waals surface area contributed by atoms with Gasteiger partial charge in [0.25, 0.3) is 0 Å². The highest BCUT2D eigenvalue weighted by Gasteiger charge is 2.15. The Kier molecular flexibility index (Phi) is 5.18. The van der Waals surface area contributed by atoms with Crippen LogP contribution >= 0.6 is 11.3 Å². The number of hydrazone groups is 1. The van der Waals surface area contributed by atoms with Crippen molar-refractivity contribution in [2.24, 2.45) is 5.10 Å². The summed E-state index contributed by atoms with van der Waals surface area (Å²) in [5, 5.41) is 36.3. The number of aromatic hydroxyl groups is 3. The Labute approximate surface area is 160 Å². The molecule has 0 aliphatic rings. The van der Waals surface area contributed by atoms with Crippen LogP contribution in [0.5, 0.6) is 23.0 Å². The Bertz CT molecular complexity index is 1010. The second-order valence-corrected chi connectivity index (χ2v) is 6.74. The highest BCUT2D eigenvalue weighted by atomic mass is 32.1. The number of phenols is 3. The van der Waals surface area contributed by atoms with Crippen molar-refractivity contribution in [2.45, 2.75) is 13.8 Å². The maximum absolute atomic E-state index is 10.3. The van der Waals surface area contributed by atoms with E-state index in [0.717, 1.165) is 5.56 Å². The van der Waals surface area contributed by atoms with Gasteiger partial charge in [0.15, 0.2) is 11.5 Å². The lowest BCUT2D eigenvalue weighted by molar-refractivity contribution is 0.373. The maximum Gasteiger partial charge on any atom is 0.203 e. The normalized spacial score (nSPS) is 11.1. The first-order valence-electron chi connectivity index (χ1n) is 8.04. The van der Waals surface area contributed by atoms with Crippen LogP contribution in [-0.4, -0.2) is 33.6 Å². The van der Waals surface area contributed by atoms with Crippen LogP contribution in [0.25, 0.3) is 11.3 Å². The highest BCUT2D eigenvalue weighted by molar-refractivity contribution is 7.14. The van der Waals surface area contributed by atoms with Crippen LogP contribution in [0.3, 0.4) is 0 Å². The smallest absolute Gasteiger partial charge is 0.203 e. The number of methoxy groups -OCH3 is 1. The molecule has 27 heavy (non-hydrogen) atoms. The second-order valence-electron chi connectivity index (χ2n) is 5.88. The van der Waals surface area contributed by atoms with E-state index < -0.39 is 0 Å². The molecule has 1 heterocycles. The van der Waals surface area contributed by atoms with Crippen molar-refractivity contribution in [2.75, 3.05) is 12.5 Å². The number of benzene rings is 2. The van der Waals surface area contributed by atoms with Crippen LogP contribution in [0.15, 0.2) is 34.7 Å². The molecule has 0 atom stereocenters. The van der Waals surface area contributed by atoms with Crippen molar-refractivity contribution in [1.29, 1.82) is 0 Å². The summed E-state index contributed by atoms with van der Waals surface area (Å²) < 4.78 is 5.05. The first-order valence-corrected chi connectivity index (χ1v) is 8.92. The number of phenolic OH excluding ortho intramolecular Hbond substituents is 3. The summed E-state index contributed by atoms with van der Waals surface area (Å²) in [6.45, 7) is 3.49. The lowest BCUT2D eigenvalue weighted by atomic mass is 10.0. The predicted octanol–water partition coefficient (Wildman–Crippen LogP) is 4.00. The Hall–Kier alpha value is -3.26. The van der Waals surface area contributed by atoms with Gasteiger partial charge in [-0.3, -0.25) is 5.43 Å². The van der Waals surface area contributed by atoms with Crippen molar-refractivity contribution in [3.63, 3.8) is 0 Å². The number of nitrogens with zero attached hydrogens (tertiary/aromatic N) is 2. The summed E-state index contributed by atoms with van der Waals surface area (Å²) in [5.74, 6) is 0.632. The number of ether oxygens (including phenoxy) is 1. The van der Waals surface area contributed by atoms with Gasteiger partial charge < -0.3 is 20.1 Å². The van der Waals surface area contributed by atoms with E-state index in [-0.39, 0.29) is 17.2 Å². The SMILES string of the molecule is COc1cc(/C=N/Nc2nc(-c3cc(O)c(C)c(C)c3O)cs2)ccc1O. The van der Waals surface area contributed by atoms with Crippen molar-refractivity contribution < 1.29 is 20.1 Å². The molecule has 0 fully saturated rings. The molecular weight excluding hydrogens is 366 g/mol. The number of nitrogens with one attached hydrogen (secondary N) is 1. The van der Waals surface area contributed by atoms with E-state index in [1.807, 2.05) is 0 Å². The molecule has 4 N–H and O–H groups in total. The standard InChI is InChI=1S/C19H19N3O4S/c1-10-11(2)18(25)13(7-16(10)24)14-9-27-19(21-14)22-20-8-12-4-5-15(23)17(6-12)26-3/h4-9,23-25H,1-3H3,(H,21,22)/b20-8+. The van der Waals surface area contributed by atoms with E-state index in [1.54, 1.807) is 37.6 Å². The molecule has 0 aliphatic heterocycles. The third kappa shape index (κ3) is 3.80. The van der Waals surface area contributed by atoms with Gasteiger partial charge in [0.1, 0.15) is 11.5 Å². The molecule has 8 heteroatoms. The molecule has 3 rings (SSSR count). The van der Waals surface area contributed by atoms with E-state index in [0.29, 0.717) is 33.3 Å². The largest absolute Gasteiger partial charge is 0.508 e. The summed E-state index contributed by atoms with van der Waals surface area (Å²) in [5.41, 5.74) is 5.83. The molecule has 0 saturated carbocycles. The number of rotatable bonds is 5. The first-order chi connectivity index (χ1) is 12.9. The van der Waals surface area contributed by atoms with Gasteiger partial charge in [-0.05, 0) is 54.8 Å². The van der Waals surface area contributed by atoms with Gasteiger partial charge in [-0.15, -0.1) is 11.3 Å². The molecule has 0 unspecified atom stereocenters. The molecule has 0 spiro atoms. The molecule has 1 aromatic heterocycles. The van der Waals surface area contributed by atoms with Crippen LogP contribution in [0, 0.1) is 13.8 Å². The van der Waals surface area contributed by atoms with Crippen molar-refractivity contribution >= 4 is 22.7 Å². The Morgan fingerprint density at radius 2 is 1.89 bits per heavy atom. The van der Waals surface area contributed by atoms with Crippen molar-refractivity contribution in [3.05, 3.63) is 46.3 Å². The molecule has 0 aliphatic carbocycles. The third-order valence-electron chi connectivity index (χ3n) is 4.20. The topological polar surface area (TPSA) is 107 Å². The van der Waals surface area contributed by atoms with Gasteiger partial charge in [-0.1, -0.05) is 0 Å². The number of aromatic nitrogens is 1. The minimum Gasteiger partial charge on any atom is -0.508 e. The van der Waals surface area contributed by atoms with E-state index in [9.17, 15) is 15.3 Å². The lowest BCUT2D eigenvalue weighted by Crippen LogP contribution is -1.92. The first kappa shape index (κ1) is 18.5. The van der Waals surface area contributed by atoms with E-state index in [2.05, 4.69) is 15.5 Å². The van der Waals surface area contributed by atoms with E-state index in [1.165, 1.54) is 30.6 Å². The van der Waals surface area contributed by atoms with Crippen LogP contribution in [0.2, 0.25) is 0 Å². The number of hydrogen-bond donors (Lipinski definition) is 4.